The molecule has 6 N–H and O–H groups in total. The molecule has 4 rings (SSSR count). The van der Waals surface area contributed by atoms with Crippen molar-refractivity contribution in [2.24, 2.45) is 0 Å². The molecular formula is C33H43N4O6S2-. The number of carbonyl (C=O) groups is 4. The van der Waals surface area contributed by atoms with Gasteiger partial charge in [-0.05, 0) is 63.7 Å². The zero-order valence-electron chi connectivity index (χ0n) is 26.6. The minimum absolute atomic E-state index is 0.0782. The van der Waals surface area contributed by atoms with Crippen LogP contribution < -0.4 is 10.6 Å². The number of H-pyrrole nitrogens is 2. The average Bonchev–Trinajstić information content (AvgIpc) is 3.63. The van der Waals surface area contributed by atoms with Crippen molar-refractivity contribution in [1.82, 2.24) is 20.6 Å². The molecule has 4 heterocycles. The summed E-state index contributed by atoms with van der Waals surface area (Å²) in [6.07, 6.45) is 3.43. The van der Waals surface area contributed by atoms with Gasteiger partial charge >= 0.3 is 11.9 Å². The second-order valence-corrected chi connectivity index (χ2v) is 13.3. The molecule has 2 aliphatic rings. The largest absolute Gasteiger partial charge is 0.481 e. The maximum Gasteiger partial charge on any atom is 0.303 e. The molecule has 45 heavy (non-hydrogen) atoms. The van der Waals surface area contributed by atoms with Crippen LogP contribution in [0.1, 0.15) is 97.2 Å². The summed E-state index contributed by atoms with van der Waals surface area (Å²) in [6.45, 7) is 11.5. The molecule has 0 bridgehead atoms. The lowest BCUT2D eigenvalue weighted by Crippen LogP contribution is -2.32. The van der Waals surface area contributed by atoms with Gasteiger partial charge in [0.05, 0.1) is 11.3 Å². The lowest BCUT2D eigenvalue weighted by molar-refractivity contribution is -0.138. The standard InChI is InChI=1S/C33H43N4O6S2/c1-7-19-14(2)24(36-33(19)43)12-22-15(3)20(8-10-26(38)39)29(34-22)31(45)30-21(9-11-27(40)41)16(4)23(35-30)13-25-28(18(6)44)17(5)32(42)37-25/h12,18,24-25,31,34-35,44-45H,7-11,13H2,1-6H3,(H,36,43)(H,37,42)(H,38,39)(H,40,41)/q-1/t18-,24?,25+,31+/m0/s1. The Bertz CT molecular complexity index is 1600. The van der Waals surface area contributed by atoms with E-state index >= 15 is 0 Å². The Labute approximate surface area is 274 Å². The molecule has 0 fully saturated rings. The Hall–Kier alpha value is -3.51. The number of carboxylic acid groups (broad SMARTS) is 2. The van der Waals surface area contributed by atoms with Crippen molar-refractivity contribution >= 4 is 49.0 Å². The van der Waals surface area contributed by atoms with E-state index in [0.29, 0.717) is 24.1 Å². The summed E-state index contributed by atoms with van der Waals surface area (Å²) in [4.78, 5) is 55.3. The van der Waals surface area contributed by atoms with Gasteiger partial charge in [-0.15, -0.1) is 18.2 Å². The van der Waals surface area contributed by atoms with Crippen LogP contribution in [-0.2, 0) is 38.4 Å². The first-order valence-electron chi connectivity index (χ1n) is 15.2. The van der Waals surface area contributed by atoms with Gasteiger partial charge in [0.1, 0.15) is 0 Å². The molecule has 0 saturated heterocycles. The molecule has 2 aromatic rings. The second kappa shape index (κ2) is 13.9. The molecule has 0 aromatic carbocycles. The van der Waals surface area contributed by atoms with Crippen molar-refractivity contribution in [3.05, 3.63) is 73.7 Å². The number of carboxylic acids is 2. The molecule has 244 valence electrons. The molecule has 2 aromatic heterocycles. The summed E-state index contributed by atoms with van der Waals surface area (Å²) in [7, 11) is 0. The van der Waals surface area contributed by atoms with E-state index in [2.05, 4.69) is 33.2 Å². The van der Waals surface area contributed by atoms with Crippen molar-refractivity contribution in [1.29, 1.82) is 0 Å². The number of aliphatic carboxylic acids is 2. The van der Waals surface area contributed by atoms with Crippen LogP contribution >= 0.6 is 25.3 Å². The molecule has 0 radical (unpaired) electrons. The Morgan fingerprint density at radius 1 is 0.889 bits per heavy atom. The van der Waals surface area contributed by atoms with Crippen molar-refractivity contribution in [2.75, 3.05) is 0 Å². The van der Waals surface area contributed by atoms with E-state index in [1.54, 1.807) is 6.92 Å². The molecule has 2 amide bonds. The van der Waals surface area contributed by atoms with E-state index in [-0.39, 0.29) is 54.8 Å². The van der Waals surface area contributed by atoms with Crippen LogP contribution in [0.3, 0.4) is 0 Å². The fourth-order valence-electron chi connectivity index (χ4n) is 6.67. The second-order valence-electron chi connectivity index (χ2n) is 12.0. The Balaban J connectivity index is 1.76. The molecule has 2 aliphatic heterocycles. The number of carbonyl (C=O) groups excluding carboxylic acids is 2. The van der Waals surface area contributed by atoms with Gasteiger partial charge in [0.2, 0.25) is 11.8 Å². The van der Waals surface area contributed by atoms with Gasteiger partial charge in [-0.3, -0.25) is 19.2 Å². The lowest BCUT2D eigenvalue weighted by Gasteiger charge is -2.20. The van der Waals surface area contributed by atoms with E-state index in [4.69, 9.17) is 12.6 Å². The third-order valence-corrected chi connectivity index (χ3v) is 9.99. The summed E-state index contributed by atoms with van der Waals surface area (Å²) < 4.78 is 0. The first-order valence-corrected chi connectivity index (χ1v) is 16.3. The van der Waals surface area contributed by atoms with Gasteiger partial charge in [0.25, 0.3) is 0 Å². The van der Waals surface area contributed by atoms with Gasteiger partial charge in [0, 0.05) is 58.8 Å². The summed E-state index contributed by atoms with van der Waals surface area (Å²) in [5.74, 6) is -2.06. The van der Waals surface area contributed by atoms with E-state index < -0.39 is 17.2 Å². The summed E-state index contributed by atoms with van der Waals surface area (Å²) in [6, 6.07) is -0.553. The number of rotatable bonds is 14. The number of aromatic amines is 2. The zero-order chi connectivity index (χ0) is 33.3. The van der Waals surface area contributed by atoms with Crippen molar-refractivity contribution < 1.29 is 29.4 Å². The third kappa shape index (κ3) is 7.01. The van der Waals surface area contributed by atoms with Gasteiger partial charge in [-0.2, -0.15) is 37.2 Å². The van der Waals surface area contributed by atoms with E-state index in [9.17, 15) is 29.4 Å². The molecule has 10 nitrogen and oxygen atoms in total. The Morgan fingerprint density at radius 2 is 1.47 bits per heavy atom. The normalized spacial score (nSPS) is 19.6. The molecule has 0 aliphatic carbocycles. The first kappa shape index (κ1) is 34.4. The Morgan fingerprint density at radius 3 is 2.00 bits per heavy atom. The van der Waals surface area contributed by atoms with Crippen LogP contribution in [0.5, 0.6) is 0 Å². The summed E-state index contributed by atoms with van der Waals surface area (Å²) >= 11 is 9.67. The van der Waals surface area contributed by atoms with Crippen molar-refractivity contribution in [2.45, 2.75) is 103 Å². The molecule has 4 atom stereocenters. The van der Waals surface area contributed by atoms with Gasteiger partial charge in [-0.1, -0.05) is 12.5 Å². The zero-order valence-corrected chi connectivity index (χ0v) is 28.3. The van der Waals surface area contributed by atoms with Gasteiger partial charge < -0.3 is 30.8 Å². The number of amides is 2. The SMILES string of the molecule is CCC1=C(C)C([CH-]c2[nH]c([C@@H](S)c3[nH]c(C[C@H]4NC(=O)C(C)=C4[C@H](C)S)c(C)c3CCC(=O)O)c(CCC(=O)O)c2C)NC1=O. The molecule has 0 saturated carbocycles. The van der Waals surface area contributed by atoms with Crippen molar-refractivity contribution in [3.8, 4) is 0 Å². The van der Waals surface area contributed by atoms with E-state index in [1.807, 2.05) is 41.0 Å². The smallest absolute Gasteiger partial charge is 0.303 e. The van der Waals surface area contributed by atoms with Gasteiger partial charge in [-0.25, -0.2) is 0 Å². The lowest BCUT2D eigenvalue weighted by atomic mass is 9.95. The maximum atomic E-state index is 12.5. The molecule has 0 spiro atoms. The number of thiol groups is 2. The minimum Gasteiger partial charge on any atom is -0.481 e. The van der Waals surface area contributed by atoms with E-state index in [1.165, 1.54) is 0 Å². The van der Waals surface area contributed by atoms with Crippen molar-refractivity contribution in [3.63, 3.8) is 0 Å². The topological polar surface area (TPSA) is 164 Å². The third-order valence-electron chi connectivity index (χ3n) is 9.19. The molecule has 1 unspecified atom stereocenters. The molecular weight excluding hydrogens is 613 g/mol. The highest BCUT2D eigenvalue weighted by Crippen LogP contribution is 2.39. The first-order chi connectivity index (χ1) is 21.2. The van der Waals surface area contributed by atoms with Crippen LogP contribution in [-0.4, -0.2) is 61.3 Å². The van der Waals surface area contributed by atoms with Gasteiger partial charge in [0.15, 0.2) is 0 Å². The van der Waals surface area contributed by atoms with E-state index in [0.717, 1.165) is 56.1 Å². The van der Waals surface area contributed by atoms with Crippen LogP contribution in [0.15, 0.2) is 22.3 Å². The Kier molecular flexibility index (Phi) is 10.6. The highest BCUT2D eigenvalue weighted by Gasteiger charge is 2.33. The monoisotopic (exact) mass is 655 g/mol. The highest BCUT2D eigenvalue weighted by molar-refractivity contribution is 7.81. The summed E-state index contributed by atoms with van der Waals surface area (Å²) in [5.41, 5.74) is 9.78. The fraction of sp³-hybridized carbons (Fsp3) is 0.485. The maximum absolute atomic E-state index is 12.5. The number of hydrogen-bond donors (Lipinski definition) is 8. The summed E-state index contributed by atoms with van der Waals surface area (Å²) in [5, 5.41) is 24.4. The average molecular weight is 656 g/mol. The minimum atomic E-state index is -0.923. The van der Waals surface area contributed by atoms with Crippen LogP contribution in [0.2, 0.25) is 0 Å². The fourth-order valence-corrected chi connectivity index (χ4v) is 7.48. The number of aromatic nitrogens is 2. The number of hydrogen-bond acceptors (Lipinski definition) is 6. The van der Waals surface area contributed by atoms with Crippen LogP contribution in [0.4, 0.5) is 0 Å². The highest BCUT2D eigenvalue weighted by atomic mass is 32.1. The van der Waals surface area contributed by atoms with Crippen LogP contribution in [0.25, 0.3) is 0 Å². The number of nitrogens with one attached hydrogen (secondary N) is 4. The predicted octanol–water partition coefficient (Wildman–Crippen LogP) is 4.47. The molecule has 12 heteroatoms. The van der Waals surface area contributed by atoms with Crippen LogP contribution in [0, 0.1) is 20.3 Å². The predicted molar refractivity (Wildman–Crippen MR) is 179 cm³/mol. The quantitative estimate of drug-likeness (QED) is 0.111.